The average molecular weight is 608 g/mol. The number of benzene rings is 1. The Bertz CT molecular complexity index is 1200. The number of likely N-dealkylation sites (tertiary alicyclic amines) is 1. The molecule has 3 saturated heterocycles. The molecular weight excluding hydrogens is 558 g/mol. The number of unbranched alkanes of at least 4 members (excludes halogenated alkanes) is 2. The van der Waals surface area contributed by atoms with Gasteiger partial charge in [-0.25, -0.2) is 0 Å². The van der Waals surface area contributed by atoms with Crippen molar-refractivity contribution >= 4 is 23.4 Å². The molecule has 0 radical (unpaired) electrons. The zero-order chi connectivity index (χ0) is 31.3. The largest absolute Gasteiger partial charge is 0.494 e. The third-order valence-electron chi connectivity index (χ3n) is 10.0. The maximum atomic E-state index is 14.7. The van der Waals surface area contributed by atoms with Crippen molar-refractivity contribution in [3.05, 3.63) is 49.6 Å². The smallest absolute Gasteiger partial charge is 0.248 e. The molecule has 240 valence electrons. The highest BCUT2D eigenvalue weighted by Gasteiger charge is 2.75. The Morgan fingerprint density at radius 3 is 2.43 bits per heavy atom. The van der Waals surface area contributed by atoms with Gasteiger partial charge in [0.15, 0.2) is 0 Å². The number of aliphatic hydroxyl groups is 1. The van der Waals surface area contributed by atoms with E-state index in [1.165, 1.54) is 6.42 Å². The lowest BCUT2D eigenvalue weighted by molar-refractivity contribution is -0.150. The second kappa shape index (κ2) is 14.3. The van der Waals surface area contributed by atoms with Crippen molar-refractivity contribution in [2.75, 3.05) is 37.7 Å². The first-order valence-electron chi connectivity index (χ1n) is 16.6. The molecule has 4 fully saturated rings. The van der Waals surface area contributed by atoms with Crippen molar-refractivity contribution < 1.29 is 29.0 Å². The van der Waals surface area contributed by atoms with Crippen molar-refractivity contribution in [1.82, 2.24) is 9.80 Å². The van der Waals surface area contributed by atoms with Crippen LogP contribution in [0.25, 0.3) is 0 Å². The lowest BCUT2D eigenvalue weighted by Gasteiger charge is -2.40. The summed E-state index contributed by atoms with van der Waals surface area (Å²) in [6.45, 7) is 11.5. The molecule has 1 saturated carbocycles. The van der Waals surface area contributed by atoms with E-state index in [2.05, 4.69) is 13.2 Å². The number of hydrogen-bond acceptors (Lipinski definition) is 6. The van der Waals surface area contributed by atoms with E-state index in [4.69, 9.17) is 9.47 Å². The fraction of sp³-hybridized carbons (Fsp3) is 0.629. The molecule has 2 unspecified atom stereocenters. The zero-order valence-electron chi connectivity index (χ0n) is 26.2. The van der Waals surface area contributed by atoms with Crippen molar-refractivity contribution in [3.8, 4) is 5.75 Å². The summed E-state index contributed by atoms with van der Waals surface area (Å²) in [5.74, 6) is -1.13. The molecular formula is C35H49N3O6. The van der Waals surface area contributed by atoms with Gasteiger partial charge >= 0.3 is 0 Å². The van der Waals surface area contributed by atoms with Crippen LogP contribution < -0.4 is 9.64 Å². The van der Waals surface area contributed by atoms with Crippen LogP contribution in [0.5, 0.6) is 5.75 Å². The molecule has 0 aromatic heterocycles. The summed E-state index contributed by atoms with van der Waals surface area (Å²) < 4.78 is 12.3. The van der Waals surface area contributed by atoms with E-state index in [-0.39, 0.29) is 36.9 Å². The van der Waals surface area contributed by atoms with Crippen LogP contribution in [0.4, 0.5) is 5.69 Å². The summed E-state index contributed by atoms with van der Waals surface area (Å²) in [7, 11) is 0. The lowest BCUT2D eigenvalue weighted by Crippen LogP contribution is -2.58. The molecule has 1 aromatic rings. The standard InChI is InChI=1S/C35H49N3O6/c1-4-21-36(26-15-17-27(18-16-26)43-6-3)32(40)29-28-19-20-35(44-28)30(29)33(41)38(23-11-8-12-24-39)31(35)34(42)37(22-5-2)25-13-9-7-10-14-25/h4-5,15-18,25,28-31,39H,1-2,6-14,19-24H2,3H3/t28-,29+,30+,31?,35?/m1/s1. The minimum Gasteiger partial charge on any atom is -0.494 e. The van der Waals surface area contributed by atoms with E-state index in [9.17, 15) is 19.5 Å². The predicted molar refractivity (Wildman–Crippen MR) is 169 cm³/mol. The van der Waals surface area contributed by atoms with Gasteiger partial charge in [-0.1, -0.05) is 31.4 Å². The van der Waals surface area contributed by atoms with Gasteiger partial charge in [-0.3, -0.25) is 14.4 Å². The van der Waals surface area contributed by atoms with E-state index >= 15 is 0 Å². The number of anilines is 1. The molecule has 3 aliphatic heterocycles. The summed E-state index contributed by atoms with van der Waals surface area (Å²) in [5, 5.41) is 9.34. The summed E-state index contributed by atoms with van der Waals surface area (Å²) >= 11 is 0. The van der Waals surface area contributed by atoms with E-state index in [0.717, 1.165) is 37.9 Å². The Kier molecular flexibility index (Phi) is 10.5. The van der Waals surface area contributed by atoms with Crippen molar-refractivity contribution in [1.29, 1.82) is 0 Å². The van der Waals surface area contributed by atoms with Gasteiger partial charge in [0, 0.05) is 38.0 Å². The van der Waals surface area contributed by atoms with E-state index in [1.54, 1.807) is 22.0 Å². The molecule has 9 nitrogen and oxygen atoms in total. The number of fused-ring (bicyclic) bond motifs is 1. The van der Waals surface area contributed by atoms with Gasteiger partial charge in [0.05, 0.1) is 24.5 Å². The van der Waals surface area contributed by atoms with E-state index in [1.807, 2.05) is 36.1 Å². The summed E-state index contributed by atoms with van der Waals surface area (Å²) in [6.07, 6.45) is 11.5. The highest BCUT2D eigenvalue weighted by Crippen LogP contribution is 2.59. The molecule has 1 N–H and O–H groups in total. The topological polar surface area (TPSA) is 99.6 Å². The second-order valence-corrected chi connectivity index (χ2v) is 12.6. The number of amides is 3. The fourth-order valence-electron chi connectivity index (χ4n) is 8.15. The molecule has 1 aromatic carbocycles. The van der Waals surface area contributed by atoms with E-state index < -0.39 is 29.6 Å². The average Bonchev–Trinajstić information content (AvgIpc) is 3.68. The number of rotatable bonds is 15. The third-order valence-corrected chi connectivity index (χ3v) is 10.0. The monoisotopic (exact) mass is 607 g/mol. The fourth-order valence-corrected chi connectivity index (χ4v) is 8.15. The van der Waals surface area contributed by atoms with Gasteiger partial charge < -0.3 is 29.3 Å². The van der Waals surface area contributed by atoms with Crippen LogP contribution >= 0.6 is 0 Å². The quantitative estimate of drug-likeness (QED) is 0.233. The van der Waals surface area contributed by atoms with E-state index in [0.29, 0.717) is 51.1 Å². The first-order chi connectivity index (χ1) is 21.4. The SMILES string of the molecule is C=CCN(C(=O)[C@@H]1[C@H]2C(=O)N(CCCCCO)C(C(=O)N(CC=C)C3CCCCC3)C23CC[C@H]1O3)c1ccc(OCC)cc1. The second-order valence-electron chi connectivity index (χ2n) is 12.6. The molecule has 4 aliphatic rings. The molecule has 44 heavy (non-hydrogen) atoms. The molecule has 1 aliphatic carbocycles. The highest BCUT2D eigenvalue weighted by atomic mass is 16.5. The minimum atomic E-state index is -1.04. The van der Waals surface area contributed by atoms with Gasteiger partial charge in [-0.15, -0.1) is 13.2 Å². The van der Waals surface area contributed by atoms with Crippen LogP contribution in [-0.2, 0) is 19.1 Å². The number of aliphatic hydroxyl groups excluding tert-OH is 1. The van der Waals surface area contributed by atoms with Crippen LogP contribution in [-0.4, -0.2) is 89.3 Å². The van der Waals surface area contributed by atoms with Crippen LogP contribution in [0.2, 0.25) is 0 Å². The van der Waals surface area contributed by atoms with Gasteiger partial charge in [0.1, 0.15) is 17.4 Å². The first kappa shape index (κ1) is 32.2. The Morgan fingerprint density at radius 1 is 1.05 bits per heavy atom. The summed E-state index contributed by atoms with van der Waals surface area (Å²) in [6, 6.07) is 6.70. The Hall–Kier alpha value is -3.17. The van der Waals surface area contributed by atoms with Gasteiger partial charge in [0.2, 0.25) is 17.7 Å². The maximum absolute atomic E-state index is 14.7. The lowest BCUT2D eigenvalue weighted by atomic mass is 9.70. The maximum Gasteiger partial charge on any atom is 0.248 e. The molecule has 9 heteroatoms. The Balaban J connectivity index is 1.48. The van der Waals surface area contributed by atoms with Gasteiger partial charge in [-0.2, -0.15) is 0 Å². The Labute approximate surface area is 261 Å². The Morgan fingerprint density at radius 2 is 1.77 bits per heavy atom. The molecule has 5 rings (SSSR count). The summed E-state index contributed by atoms with van der Waals surface area (Å²) in [5.41, 5.74) is -0.341. The minimum absolute atomic E-state index is 0.0852. The van der Waals surface area contributed by atoms with Gasteiger partial charge in [-0.05, 0) is 76.1 Å². The third kappa shape index (κ3) is 5.93. The van der Waals surface area contributed by atoms with Crippen LogP contribution in [0.1, 0.15) is 71.1 Å². The van der Waals surface area contributed by atoms with Crippen LogP contribution in [0.15, 0.2) is 49.6 Å². The van der Waals surface area contributed by atoms with Crippen molar-refractivity contribution in [2.24, 2.45) is 11.8 Å². The van der Waals surface area contributed by atoms with Crippen molar-refractivity contribution in [2.45, 2.75) is 94.9 Å². The predicted octanol–water partition coefficient (Wildman–Crippen LogP) is 4.49. The summed E-state index contributed by atoms with van der Waals surface area (Å²) in [4.78, 5) is 48.9. The molecule has 3 amide bonds. The van der Waals surface area contributed by atoms with Crippen LogP contribution in [0, 0.1) is 11.8 Å². The zero-order valence-corrected chi connectivity index (χ0v) is 26.2. The first-order valence-corrected chi connectivity index (χ1v) is 16.6. The number of hydrogen-bond donors (Lipinski definition) is 1. The number of carbonyl (C=O) groups is 3. The molecule has 3 heterocycles. The molecule has 5 atom stereocenters. The number of carbonyl (C=O) groups excluding carboxylic acids is 3. The number of ether oxygens (including phenoxy) is 2. The van der Waals surface area contributed by atoms with Gasteiger partial charge in [0.25, 0.3) is 0 Å². The molecule has 1 spiro atoms. The van der Waals surface area contributed by atoms with Crippen molar-refractivity contribution in [3.63, 3.8) is 0 Å². The molecule has 2 bridgehead atoms. The number of nitrogens with zero attached hydrogens (tertiary/aromatic N) is 3. The highest BCUT2D eigenvalue weighted by molar-refractivity contribution is 6.03. The van der Waals surface area contributed by atoms with Crippen LogP contribution in [0.3, 0.4) is 0 Å². The normalized spacial score (nSPS) is 27.7.